The predicted octanol–water partition coefficient (Wildman–Crippen LogP) is 2.07. The SMILES string of the molecule is CCC[C@@H](N)CC1CCCCO1. The van der Waals surface area contributed by atoms with Crippen LogP contribution in [0.2, 0.25) is 0 Å². The molecule has 0 aromatic heterocycles. The van der Waals surface area contributed by atoms with Crippen molar-refractivity contribution in [3.05, 3.63) is 0 Å². The van der Waals surface area contributed by atoms with E-state index < -0.39 is 0 Å². The Kier molecular flexibility index (Phi) is 4.62. The topological polar surface area (TPSA) is 35.2 Å². The number of ether oxygens (including phenoxy) is 1. The average Bonchev–Trinajstić information content (AvgIpc) is 2.06. The van der Waals surface area contributed by atoms with Gasteiger partial charge in [0.05, 0.1) is 6.10 Å². The van der Waals surface area contributed by atoms with Gasteiger partial charge in [-0.05, 0) is 32.1 Å². The van der Waals surface area contributed by atoms with Gasteiger partial charge < -0.3 is 10.5 Å². The molecule has 2 heteroatoms. The summed E-state index contributed by atoms with van der Waals surface area (Å²) in [6.07, 6.45) is 7.63. The van der Waals surface area contributed by atoms with E-state index in [0.29, 0.717) is 12.1 Å². The lowest BCUT2D eigenvalue weighted by Crippen LogP contribution is -2.29. The molecule has 1 aliphatic heterocycles. The largest absolute Gasteiger partial charge is 0.378 e. The molecule has 0 saturated carbocycles. The highest BCUT2D eigenvalue weighted by atomic mass is 16.5. The first-order valence-electron chi connectivity index (χ1n) is 5.20. The molecule has 1 heterocycles. The Morgan fingerprint density at radius 2 is 2.33 bits per heavy atom. The van der Waals surface area contributed by atoms with Crippen molar-refractivity contribution in [1.29, 1.82) is 0 Å². The quantitative estimate of drug-likeness (QED) is 0.702. The van der Waals surface area contributed by atoms with Gasteiger partial charge in [0.1, 0.15) is 0 Å². The van der Waals surface area contributed by atoms with Crippen molar-refractivity contribution < 1.29 is 4.74 Å². The number of hydrogen-bond donors (Lipinski definition) is 1. The molecule has 0 aromatic carbocycles. The smallest absolute Gasteiger partial charge is 0.0589 e. The van der Waals surface area contributed by atoms with Crippen molar-refractivity contribution >= 4 is 0 Å². The minimum absolute atomic E-state index is 0.359. The first-order valence-corrected chi connectivity index (χ1v) is 5.20. The van der Waals surface area contributed by atoms with E-state index in [4.69, 9.17) is 10.5 Å². The molecular formula is C10H21NO. The van der Waals surface area contributed by atoms with Gasteiger partial charge in [0.2, 0.25) is 0 Å². The summed E-state index contributed by atoms with van der Waals surface area (Å²) in [6.45, 7) is 3.13. The molecule has 0 radical (unpaired) electrons. The maximum Gasteiger partial charge on any atom is 0.0589 e. The van der Waals surface area contributed by atoms with Gasteiger partial charge >= 0.3 is 0 Å². The van der Waals surface area contributed by atoms with Crippen LogP contribution < -0.4 is 5.73 Å². The van der Waals surface area contributed by atoms with E-state index in [1.54, 1.807) is 0 Å². The standard InChI is InChI=1S/C10H21NO/c1-2-5-9(11)8-10-6-3-4-7-12-10/h9-10H,2-8,11H2,1H3/t9-,10?/m1/s1. The van der Waals surface area contributed by atoms with Gasteiger partial charge in [0.15, 0.2) is 0 Å². The van der Waals surface area contributed by atoms with Gasteiger partial charge in [-0.3, -0.25) is 0 Å². The maximum atomic E-state index is 5.94. The van der Waals surface area contributed by atoms with Crippen LogP contribution in [0.15, 0.2) is 0 Å². The average molecular weight is 171 g/mol. The molecule has 1 saturated heterocycles. The van der Waals surface area contributed by atoms with Crippen LogP contribution in [0, 0.1) is 0 Å². The molecule has 0 bridgehead atoms. The van der Waals surface area contributed by atoms with E-state index in [2.05, 4.69) is 6.92 Å². The van der Waals surface area contributed by atoms with Crippen LogP contribution in [0.5, 0.6) is 0 Å². The Labute approximate surface area is 75.5 Å². The van der Waals surface area contributed by atoms with Crippen molar-refractivity contribution in [2.75, 3.05) is 6.61 Å². The van der Waals surface area contributed by atoms with Crippen LogP contribution in [0.25, 0.3) is 0 Å². The van der Waals surface area contributed by atoms with E-state index in [9.17, 15) is 0 Å². The first-order chi connectivity index (χ1) is 5.83. The third kappa shape index (κ3) is 3.55. The summed E-state index contributed by atoms with van der Waals surface area (Å²) in [5.41, 5.74) is 5.94. The predicted molar refractivity (Wildman–Crippen MR) is 51.1 cm³/mol. The lowest BCUT2D eigenvalue weighted by atomic mass is 10.00. The van der Waals surface area contributed by atoms with Crippen molar-refractivity contribution in [2.45, 2.75) is 57.6 Å². The molecule has 1 unspecified atom stereocenters. The van der Waals surface area contributed by atoms with Crippen LogP contribution in [-0.4, -0.2) is 18.8 Å². The summed E-state index contributed by atoms with van der Waals surface area (Å²) >= 11 is 0. The summed E-state index contributed by atoms with van der Waals surface area (Å²) in [4.78, 5) is 0. The van der Waals surface area contributed by atoms with Crippen LogP contribution >= 0.6 is 0 Å². The van der Waals surface area contributed by atoms with E-state index >= 15 is 0 Å². The summed E-state index contributed by atoms with van der Waals surface area (Å²) in [7, 11) is 0. The zero-order valence-corrected chi connectivity index (χ0v) is 8.09. The second-order valence-electron chi connectivity index (χ2n) is 3.77. The van der Waals surface area contributed by atoms with Gasteiger partial charge in [-0.25, -0.2) is 0 Å². The molecule has 72 valence electrons. The highest BCUT2D eigenvalue weighted by Gasteiger charge is 2.16. The normalized spacial score (nSPS) is 27.0. The molecule has 2 nitrogen and oxygen atoms in total. The summed E-state index contributed by atoms with van der Waals surface area (Å²) in [6, 6.07) is 0.359. The van der Waals surface area contributed by atoms with Gasteiger partial charge in [-0.1, -0.05) is 13.3 Å². The van der Waals surface area contributed by atoms with Crippen molar-refractivity contribution in [2.24, 2.45) is 5.73 Å². The summed E-state index contributed by atoms with van der Waals surface area (Å²) in [5, 5.41) is 0. The molecule has 1 fully saturated rings. The Hall–Kier alpha value is -0.0800. The molecule has 1 aliphatic rings. The molecule has 2 N–H and O–H groups in total. The maximum absolute atomic E-state index is 5.94. The molecule has 0 amide bonds. The van der Waals surface area contributed by atoms with Crippen molar-refractivity contribution in [3.63, 3.8) is 0 Å². The lowest BCUT2D eigenvalue weighted by molar-refractivity contribution is 0.00699. The molecule has 0 spiro atoms. The highest BCUT2D eigenvalue weighted by molar-refractivity contribution is 4.70. The summed E-state index contributed by atoms with van der Waals surface area (Å²) in [5.74, 6) is 0. The monoisotopic (exact) mass is 171 g/mol. The van der Waals surface area contributed by atoms with E-state index in [1.165, 1.54) is 25.7 Å². The minimum atomic E-state index is 0.359. The van der Waals surface area contributed by atoms with Gasteiger partial charge in [-0.15, -0.1) is 0 Å². The van der Waals surface area contributed by atoms with Gasteiger partial charge in [0.25, 0.3) is 0 Å². The van der Waals surface area contributed by atoms with Crippen molar-refractivity contribution in [1.82, 2.24) is 0 Å². The fourth-order valence-electron chi connectivity index (χ4n) is 1.82. The van der Waals surface area contributed by atoms with Gasteiger partial charge in [-0.2, -0.15) is 0 Å². The van der Waals surface area contributed by atoms with Crippen LogP contribution in [0.1, 0.15) is 45.4 Å². The Bertz CT molecular complexity index is 110. The second kappa shape index (κ2) is 5.55. The molecule has 12 heavy (non-hydrogen) atoms. The third-order valence-corrected chi connectivity index (χ3v) is 2.50. The molecular weight excluding hydrogens is 150 g/mol. The van der Waals surface area contributed by atoms with Crippen LogP contribution in [0.3, 0.4) is 0 Å². The Balaban J connectivity index is 2.11. The molecule has 1 rings (SSSR count). The zero-order valence-electron chi connectivity index (χ0n) is 8.09. The fraction of sp³-hybridized carbons (Fsp3) is 1.00. The number of rotatable bonds is 4. The van der Waals surface area contributed by atoms with E-state index in [-0.39, 0.29) is 0 Å². The molecule has 2 atom stereocenters. The van der Waals surface area contributed by atoms with Gasteiger partial charge in [0, 0.05) is 12.6 Å². The molecule has 0 aromatic rings. The van der Waals surface area contributed by atoms with E-state index in [1.807, 2.05) is 0 Å². The lowest BCUT2D eigenvalue weighted by Gasteiger charge is -2.24. The fourth-order valence-corrected chi connectivity index (χ4v) is 1.82. The van der Waals surface area contributed by atoms with E-state index in [0.717, 1.165) is 19.4 Å². The first kappa shape index (κ1) is 10.0. The third-order valence-electron chi connectivity index (χ3n) is 2.50. The summed E-state index contributed by atoms with van der Waals surface area (Å²) < 4.78 is 5.61. The highest BCUT2D eigenvalue weighted by Crippen LogP contribution is 2.17. The molecule has 0 aliphatic carbocycles. The minimum Gasteiger partial charge on any atom is -0.378 e. The number of hydrogen-bond acceptors (Lipinski definition) is 2. The second-order valence-corrected chi connectivity index (χ2v) is 3.77. The number of nitrogens with two attached hydrogens (primary N) is 1. The van der Waals surface area contributed by atoms with Crippen molar-refractivity contribution in [3.8, 4) is 0 Å². The van der Waals surface area contributed by atoms with Crippen LogP contribution in [-0.2, 0) is 4.74 Å². The Morgan fingerprint density at radius 3 is 2.92 bits per heavy atom. The zero-order chi connectivity index (χ0) is 8.81. The van der Waals surface area contributed by atoms with Crippen LogP contribution in [0.4, 0.5) is 0 Å². The Morgan fingerprint density at radius 1 is 1.50 bits per heavy atom.